The van der Waals surface area contributed by atoms with E-state index in [2.05, 4.69) is 51.6 Å². The van der Waals surface area contributed by atoms with Gasteiger partial charge in [0.2, 0.25) is 0 Å². The van der Waals surface area contributed by atoms with Crippen LogP contribution in [0, 0.1) is 23.7 Å². The van der Waals surface area contributed by atoms with Gasteiger partial charge in [0.1, 0.15) is 5.57 Å². The summed E-state index contributed by atoms with van der Waals surface area (Å²) in [6.07, 6.45) is 14.5. The fraction of sp³-hybridized carbons (Fsp3) is 0.682. The zero-order valence-electron chi connectivity index (χ0n) is 16.9. The maximum atomic E-state index is 12.0. The van der Waals surface area contributed by atoms with E-state index in [9.17, 15) is 4.79 Å². The molecule has 0 bridgehead atoms. The van der Waals surface area contributed by atoms with E-state index in [0.29, 0.717) is 11.5 Å². The molecule has 3 heteroatoms. The highest BCUT2D eigenvalue weighted by atomic mass is 16.5. The lowest BCUT2D eigenvalue weighted by Crippen LogP contribution is -2.31. The Morgan fingerprint density at radius 2 is 2.08 bits per heavy atom. The van der Waals surface area contributed by atoms with Crippen molar-refractivity contribution in [1.29, 1.82) is 0 Å². The van der Waals surface area contributed by atoms with Gasteiger partial charge in [-0.3, -0.25) is 0 Å². The lowest BCUT2D eigenvalue weighted by Gasteiger charge is -2.37. The van der Waals surface area contributed by atoms with Crippen molar-refractivity contribution in [2.75, 3.05) is 20.7 Å². The number of carbonyl (C=O) groups excluding carboxylic acids is 1. The molecule has 0 spiro atoms. The fourth-order valence-electron chi connectivity index (χ4n) is 3.58. The second-order valence-corrected chi connectivity index (χ2v) is 7.99. The van der Waals surface area contributed by atoms with Crippen LogP contribution in [0.25, 0.3) is 0 Å². The number of carbonyl (C=O) groups is 1. The lowest BCUT2D eigenvalue weighted by atomic mass is 9.75. The van der Waals surface area contributed by atoms with Gasteiger partial charge < -0.3 is 9.64 Å². The van der Waals surface area contributed by atoms with Gasteiger partial charge in [0.05, 0.1) is 7.11 Å². The number of hydrogen-bond donors (Lipinski definition) is 0. The maximum absolute atomic E-state index is 12.0. The highest BCUT2D eigenvalue weighted by molar-refractivity contribution is 5.94. The lowest BCUT2D eigenvalue weighted by molar-refractivity contribution is -0.135. The molecule has 0 amide bonds. The molecule has 0 heterocycles. The second-order valence-electron chi connectivity index (χ2n) is 7.99. The number of hydrogen-bond acceptors (Lipinski definition) is 3. The monoisotopic (exact) mass is 345 g/mol. The highest BCUT2D eigenvalue weighted by Crippen LogP contribution is 2.40. The third-order valence-electron chi connectivity index (χ3n) is 5.09. The summed E-state index contributed by atoms with van der Waals surface area (Å²) in [5, 5.41) is 0. The number of allylic oxidation sites excluding steroid dienone is 3. The molecule has 0 radical (unpaired) electrons. The van der Waals surface area contributed by atoms with E-state index in [1.54, 1.807) is 0 Å². The van der Waals surface area contributed by atoms with Crippen LogP contribution in [0.1, 0.15) is 66.2 Å². The third kappa shape index (κ3) is 6.27. The van der Waals surface area contributed by atoms with Gasteiger partial charge in [-0.2, -0.15) is 0 Å². The Morgan fingerprint density at radius 3 is 2.60 bits per heavy atom. The highest BCUT2D eigenvalue weighted by Gasteiger charge is 2.30. The maximum Gasteiger partial charge on any atom is 0.346 e. The zero-order valence-corrected chi connectivity index (χ0v) is 16.9. The van der Waals surface area contributed by atoms with E-state index in [1.165, 1.54) is 38.5 Å². The molecule has 0 aromatic heterocycles. The van der Waals surface area contributed by atoms with E-state index in [-0.39, 0.29) is 5.41 Å². The molecule has 0 N–H and O–H groups in total. The molecule has 1 atom stereocenters. The van der Waals surface area contributed by atoms with Gasteiger partial charge in [0.15, 0.2) is 0 Å². The average Bonchev–Trinajstić information content (AvgIpc) is 2.57. The molecule has 1 unspecified atom stereocenters. The van der Waals surface area contributed by atoms with Gasteiger partial charge in [0, 0.05) is 19.3 Å². The molecule has 3 nitrogen and oxygen atoms in total. The topological polar surface area (TPSA) is 29.5 Å². The Morgan fingerprint density at radius 1 is 1.40 bits per heavy atom. The van der Waals surface area contributed by atoms with Crippen molar-refractivity contribution in [2.45, 2.75) is 66.2 Å². The number of rotatable bonds is 8. The van der Waals surface area contributed by atoms with Gasteiger partial charge in [-0.1, -0.05) is 52.9 Å². The summed E-state index contributed by atoms with van der Waals surface area (Å²) in [4.78, 5) is 14.4. The molecule has 25 heavy (non-hydrogen) atoms. The van der Waals surface area contributed by atoms with Crippen LogP contribution in [0.3, 0.4) is 0 Å². The minimum atomic E-state index is -0.414. The molecule has 1 aliphatic rings. The smallest absolute Gasteiger partial charge is 0.346 e. The van der Waals surface area contributed by atoms with Crippen LogP contribution >= 0.6 is 0 Å². The minimum Gasteiger partial charge on any atom is -0.465 e. The van der Waals surface area contributed by atoms with Crippen LogP contribution in [-0.2, 0) is 9.53 Å². The van der Waals surface area contributed by atoms with Crippen LogP contribution in [0.4, 0.5) is 0 Å². The predicted octanol–water partition coefficient (Wildman–Crippen LogP) is 4.94. The van der Waals surface area contributed by atoms with Crippen molar-refractivity contribution >= 4 is 5.97 Å². The zero-order chi connectivity index (χ0) is 19.0. The molecule has 1 rings (SSSR count). The molecule has 140 valence electrons. The van der Waals surface area contributed by atoms with Crippen molar-refractivity contribution in [3.8, 4) is 12.3 Å². The molecule has 0 aromatic carbocycles. The summed E-state index contributed by atoms with van der Waals surface area (Å²) in [5.74, 6) is 2.83. The summed E-state index contributed by atoms with van der Waals surface area (Å²) < 4.78 is 4.86. The molecule has 1 aliphatic carbocycles. The standard InChI is InChI=1S/C22H35NO2/c1-8-11-12-17(9-2)16-23(6)19-13-18(14-22(4,5)15-19)20(10-3)21(24)25-7/h3,13,17H,8-9,11-12,14-16H2,1-2,4-7H3/b20-18+. The molecule has 0 saturated carbocycles. The Hall–Kier alpha value is -1.69. The van der Waals surface area contributed by atoms with Gasteiger partial charge in [0.25, 0.3) is 0 Å². The molecule has 0 aromatic rings. The Labute approximate surface area is 154 Å². The number of unbranched alkanes of at least 4 members (excludes halogenated alkanes) is 1. The van der Waals surface area contributed by atoms with Crippen molar-refractivity contribution < 1.29 is 9.53 Å². The summed E-state index contributed by atoms with van der Waals surface area (Å²) >= 11 is 0. The molecule has 0 saturated heterocycles. The Bertz CT molecular complexity index is 563. The quantitative estimate of drug-likeness (QED) is 0.354. The first-order valence-corrected chi connectivity index (χ1v) is 9.47. The Kier molecular flexibility index (Phi) is 8.29. The number of terminal acetylenes is 1. The van der Waals surface area contributed by atoms with Crippen LogP contribution in [-0.4, -0.2) is 31.6 Å². The van der Waals surface area contributed by atoms with Gasteiger partial charge in [-0.25, -0.2) is 4.79 Å². The fourth-order valence-corrected chi connectivity index (χ4v) is 3.58. The van der Waals surface area contributed by atoms with Gasteiger partial charge in [-0.15, -0.1) is 6.42 Å². The van der Waals surface area contributed by atoms with E-state index in [1.807, 2.05) is 0 Å². The van der Waals surface area contributed by atoms with Crippen LogP contribution < -0.4 is 0 Å². The summed E-state index contributed by atoms with van der Waals surface area (Å²) in [5.41, 5.74) is 2.63. The molecular weight excluding hydrogens is 310 g/mol. The summed E-state index contributed by atoms with van der Waals surface area (Å²) in [7, 11) is 3.54. The van der Waals surface area contributed by atoms with Crippen molar-refractivity contribution in [1.82, 2.24) is 4.90 Å². The third-order valence-corrected chi connectivity index (χ3v) is 5.09. The largest absolute Gasteiger partial charge is 0.465 e. The summed E-state index contributed by atoms with van der Waals surface area (Å²) in [6, 6.07) is 0. The van der Waals surface area contributed by atoms with Crippen molar-refractivity contribution in [3.05, 3.63) is 22.9 Å². The van der Waals surface area contributed by atoms with Gasteiger partial charge >= 0.3 is 5.97 Å². The minimum absolute atomic E-state index is 0.0783. The SMILES string of the molecule is C#C/C(C(=O)OC)=C1/C=C(N(C)CC(CC)CCCC)CC(C)(C)C1. The van der Waals surface area contributed by atoms with Crippen LogP contribution in [0.2, 0.25) is 0 Å². The predicted molar refractivity (Wildman–Crippen MR) is 105 cm³/mol. The van der Waals surface area contributed by atoms with Crippen molar-refractivity contribution in [3.63, 3.8) is 0 Å². The normalized spacial score (nSPS) is 19.5. The second kappa shape index (κ2) is 9.70. The first-order chi connectivity index (χ1) is 11.8. The summed E-state index contributed by atoms with van der Waals surface area (Å²) in [6.45, 7) is 10.0. The van der Waals surface area contributed by atoms with Crippen LogP contribution in [0.15, 0.2) is 22.9 Å². The number of ether oxygens (including phenoxy) is 1. The first-order valence-electron chi connectivity index (χ1n) is 9.47. The Balaban J connectivity index is 3.09. The number of esters is 1. The van der Waals surface area contributed by atoms with E-state index >= 15 is 0 Å². The first kappa shape index (κ1) is 21.4. The van der Waals surface area contributed by atoms with E-state index in [4.69, 9.17) is 11.2 Å². The molecular formula is C22H35NO2. The number of methoxy groups -OCH3 is 1. The molecule has 0 aliphatic heterocycles. The van der Waals surface area contributed by atoms with E-state index in [0.717, 1.165) is 25.0 Å². The van der Waals surface area contributed by atoms with Gasteiger partial charge in [-0.05, 0) is 42.2 Å². The molecule has 0 fully saturated rings. The number of nitrogens with zero attached hydrogens (tertiary/aromatic N) is 1. The van der Waals surface area contributed by atoms with Crippen molar-refractivity contribution in [2.24, 2.45) is 11.3 Å². The van der Waals surface area contributed by atoms with Crippen LogP contribution in [0.5, 0.6) is 0 Å². The van der Waals surface area contributed by atoms with E-state index < -0.39 is 5.97 Å². The average molecular weight is 346 g/mol.